The molecule has 19 heavy (non-hydrogen) atoms. The fourth-order valence-corrected chi connectivity index (χ4v) is 2.70. The second-order valence-corrected chi connectivity index (χ2v) is 6.22. The molecule has 1 aromatic carbocycles. The van der Waals surface area contributed by atoms with E-state index in [0.29, 0.717) is 6.54 Å². The first-order valence-corrected chi connectivity index (χ1v) is 7.23. The molecular formula is C14H19BrN2O2. The molecule has 1 aromatic rings. The molecule has 1 aliphatic rings. The van der Waals surface area contributed by atoms with Gasteiger partial charge in [-0.25, -0.2) is 4.79 Å². The molecule has 0 aromatic heterocycles. The Balaban J connectivity index is 2.28. The van der Waals surface area contributed by atoms with Crippen molar-refractivity contribution in [2.75, 3.05) is 6.54 Å². The van der Waals surface area contributed by atoms with E-state index >= 15 is 0 Å². The smallest absolute Gasteiger partial charge is 0.315 e. The highest BCUT2D eigenvalue weighted by Gasteiger charge is 2.34. The van der Waals surface area contributed by atoms with Gasteiger partial charge >= 0.3 is 6.03 Å². The van der Waals surface area contributed by atoms with Crippen LogP contribution in [0, 0.1) is 0 Å². The second-order valence-electron chi connectivity index (χ2n) is 5.30. The van der Waals surface area contributed by atoms with Crippen LogP contribution in [0.4, 0.5) is 4.79 Å². The molecule has 1 aliphatic heterocycles. The molecule has 0 radical (unpaired) electrons. The first kappa shape index (κ1) is 14.2. The Hall–Kier alpha value is -1.23. The average molecular weight is 327 g/mol. The van der Waals surface area contributed by atoms with Crippen molar-refractivity contribution in [3.63, 3.8) is 0 Å². The summed E-state index contributed by atoms with van der Waals surface area (Å²) < 4.78 is 6.94. The number of hydrogen-bond acceptors (Lipinski definition) is 2. The Labute approximate surface area is 122 Å². The van der Waals surface area contributed by atoms with Crippen molar-refractivity contribution in [1.29, 1.82) is 0 Å². The summed E-state index contributed by atoms with van der Waals surface area (Å²) in [6.07, 6.45) is 0.744. The van der Waals surface area contributed by atoms with Crippen molar-refractivity contribution in [2.24, 2.45) is 0 Å². The largest absolute Gasteiger partial charge is 0.487 e. The number of hydrogen-bond donors (Lipinski definition) is 2. The third-order valence-electron chi connectivity index (χ3n) is 3.07. The minimum atomic E-state index is -0.287. The molecule has 2 rings (SSSR count). The summed E-state index contributed by atoms with van der Waals surface area (Å²) in [5, 5.41) is 5.77. The summed E-state index contributed by atoms with van der Waals surface area (Å²) in [6.45, 7) is 6.58. The zero-order valence-corrected chi connectivity index (χ0v) is 13.0. The first-order valence-electron chi connectivity index (χ1n) is 6.44. The van der Waals surface area contributed by atoms with Crippen LogP contribution in [-0.2, 0) is 0 Å². The van der Waals surface area contributed by atoms with Crippen LogP contribution in [0.1, 0.15) is 38.8 Å². The molecule has 0 fully saturated rings. The third-order valence-corrected chi connectivity index (χ3v) is 3.57. The van der Waals surface area contributed by atoms with Crippen molar-refractivity contribution in [3.05, 3.63) is 28.2 Å². The van der Waals surface area contributed by atoms with Gasteiger partial charge in [-0.1, -0.05) is 15.9 Å². The van der Waals surface area contributed by atoms with E-state index in [1.54, 1.807) is 0 Å². The third kappa shape index (κ3) is 3.41. The number of amides is 2. The summed E-state index contributed by atoms with van der Waals surface area (Å²) in [6, 6.07) is 5.70. The van der Waals surface area contributed by atoms with E-state index in [2.05, 4.69) is 26.6 Å². The van der Waals surface area contributed by atoms with Crippen molar-refractivity contribution in [3.8, 4) is 5.75 Å². The number of ether oxygens (including phenoxy) is 1. The lowest BCUT2D eigenvalue weighted by Crippen LogP contribution is -2.44. The minimum absolute atomic E-state index is 0.0391. The van der Waals surface area contributed by atoms with Gasteiger partial charge in [0.1, 0.15) is 11.4 Å². The Kier molecular flexibility index (Phi) is 4.04. The molecule has 0 saturated carbocycles. The van der Waals surface area contributed by atoms with Gasteiger partial charge in [0.25, 0.3) is 0 Å². The SMILES string of the molecule is CCNC(=O)NC1CC(C)(C)Oc2ccc(Br)cc21. The molecule has 0 spiro atoms. The molecule has 2 amide bonds. The van der Waals surface area contributed by atoms with Crippen LogP contribution in [-0.4, -0.2) is 18.2 Å². The number of fused-ring (bicyclic) bond motifs is 1. The number of benzene rings is 1. The van der Waals surface area contributed by atoms with Crippen molar-refractivity contribution in [2.45, 2.75) is 38.8 Å². The van der Waals surface area contributed by atoms with Crippen molar-refractivity contribution < 1.29 is 9.53 Å². The van der Waals surface area contributed by atoms with Crippen LogP contribution in [0.25, 0.3) is 0 Å². The van der Waals surface area contributed by atoms with E-state index in [1.807, 2.05) is 39.0 Å². The monoisotopic (exact) mass is 326 g/mol. The molecule has 0 aliphatic carbocycles. The lowest BCUT2D eigenvalue weighted by atomic mass is 9.90. The number of carbonyl (C=O) groups excluding carboxylic acids is 1. The zero-order chi connectivity index (χ0) is 14.0. The van der Waals surface area contributed by atoms with Gasteiger partial charge in [0, 0.05) is 23.0 Å². The Morgan fingerprint density at radius 3 is 2.95 bits per heavy atom. The number of urea groups is 1. The molecule has 5 heteroatoms. The van der Waals surface area contributed by atoms with Gasteiger partial charge in [-0.15, -0.1) is 0 Å². The molecular weight excluding hydrogens is 308 g/mol. The fraction of sp³-hybridized carbons (Fsp3) is 0.500. The van der Waals surface area contributed by atoms with Gasteiger partial charge < -0.3 is 15.4 Å². The van der Waals surface area contributed by atoms with Gasteiger partial charge in [-0.3, -0.25) is 0 Å². The molecule has 104 valence electrons. The number of carbonyl (C=O) groups is 1. The summed E-state index contributed by atoms with van der Waals surface area (Å²) in [5.74, 6) is 0.834. The number of nitrogens with one attached hydrogen (secondary N) is 2. The van der Waals surface area contributed by atoms with E-state index in [9.17, 15) is 4.79 Å². The fourth-order valence-electron chi connectivity index (χ4n) is 2.32. The minimum Gasteiger partial charge on any atom is -0.487 e. The summed E-state index contributed by atoms with van der Waals surface area (Å²) in [7, 11) is 0. The number of halogens is 1. The highest BCUT2D eigenvalue weighted by Crippen LogP contribution is 2.40. The maximum absolute atomic E-state index is 11.7. The summed E-state index contributed by atoms with van der Waals surface area (Å²) >= 11 is 3.46. The molecule has 0 bridgehead atoms. The van der Waals surface area contributed by atoms with Crippen LogP contribution < -0.4 is 15.4 Å². The Bertz CT molecular complexity index is 488. The van der Waals surface area contributed by atoms with Crippen LogP contribution in [0.2, 0.25) is 0 Å². The maximum atomic E-state index is 11.7. The standard InChI is InChI=1S/C14H19BrN2O2/c1-4-16-13(18)17-11-8-14(2,3)19-12-6-5-9(15)7-10(11)12/h5-7,11H,4,8H2,1-3H3,(H2,16,17,18). The predicted octanol–water partition coefficient (Wildman–Crippen LogP) is 3.37. The molecule has 1 unspecified atom stereocenters. The average Bonchev–Trinajstić information content (AvgIpc) is 2.29. The van der Waals surface area contributed by atoms with Crippen molar-refractivity contribution in [1.82, 2.24) is 10.6 Å². The topological polar surface area (TPSA) is 50.4 Å². The number of rotatable bonds is 2. The predicted molar refractivity (Wildman–Crippen MR) is 78.4 cm³/mol. The normalized spacial score (nSPS) is 20.1. The van der Waals surface area contributed by atoms with Crippen LogP contribution >= 0.6 is 15.9 Å². The Morgan fingerprint density at radius 2 is 2.26 bits per heavy atom. The summed E-state index contributed by atoms with van der Waals surface area (Å²) in [5.41, 5.74) is 0.727. The van der Waals surface area contributed by atoms with Gasteiger partial charge in [-0.2, -0.15) is 0 Å². The highest BCUT2D eigenvalue weighted by molar-refractivity contribution is 9.10. The molecule has 1 atom stereocenters. The van der Waals surface area contributed by atoms with Crippen molar-refractivity contribution >= 4 is 22.0 Å². The van der Waals surface area contributed by atoms with E-state index < -0.39 is 0 Å². The zero-order valence-electron chi connectivity index (χ0n) is 11.4. The van der Waals surface area contributed by atoms with Crippen LogP contribution in [0.3, 0.4) is 0 Å². The van der Waals surface area contributed by atoms with E-state index in [0.717, 1.165) is 22.2 Å². The highest BCUT2D eigenvalue weighted by atomic mass is 79.9. The quantitative estimate of drug-likeness (QED) is 0.875. The lowest BCUT2D eigenvalue weighted by molar-refractivity contribution is 0.0678. The van der Waals surface area contributed by atoms with E-state index in [1.165, 1.54) is 0 Å². The Morgan fingerprint density at radius 1 is 1.53 bits per heavy atom. The van der Waals surface area contributed by atoms with Gasteiger partial charge in [0.05, 0.1) is 6.04 Å². The lowest BCUT2D eigenvalue weighted by Gasteiger charge is -2.38. The van der Waals surface area contributed by atoms with Gasteiger partial charge in [0.2, 0.25) is 0 Å². The van der Waals surface area contributed by atoms with Crippen LogP contribution in [0.15, 0.2) is 22.7 Å². The molecule has 4 nitrogen and oxygen atoms in total. The first-order chi connectivity index (χ1) is 8.91. The van der Waals surface area contributed by atoms with E-state index in [4.69, 9.17) is 4.74 Å². The van der Waals surface area contributed by atoms with Gasteiger partial charge in [0.15, 0.2) is 0 Å². The molecule has 0 saturated heterocycles. The molecule has 2 N–H and O–H groups in total. The van der Waals surface area contributed by atoms with Crippen LogP contribution in [0.5, 0.6) is 5.75 Å². The maximum Gasteiger partial charge on any atom is 0.315 e. The van der Waals surface area contributed by atoms with E-state index in [-0.39, 0.29) is 17.7 Å². The summed E-state index contributed by atoms with van der Waals surface area (Å²) in [4.78, 5) is 11.7. The van der Waals surface area contributed by atoms with Gasteiger partial charge in [-0.05, 0) is 39.0 Å². The second kappa shape index (κ2) is 5.41. The molecule has 1 heterocycles.